The minimum atomic E-state index is -0.453. The van der Waals surface area contributed by atoms with Gasteiger partial charge in [-0.25, -0.2) is 0 Å². The normalized spacial score (nSPS) is 13.2. The largest absolute Gasteiger partial charge is 0.388 e. The Kier molecular flexibility index (Phi) is 3.88. The molecule has 0 aliphatic heterocycles. The lowest BCUT2D eigenvalue weighted by Gasteiger charge is -2.09. The Balaban J connectivity index is 2.11. The molecule has 98 valence electrons. The Morgan fingerprint density at radius 2 is 2.11 bits per heavy atom. The average molecular weight is 264 g/mol. The molecule has 0 saturated heterocycles. The number of rotatable bonds is 4. The highest BCUT2D eigenvalue weighted by molar-refractivity contribution is 7.12. The van der Waals surface area contributed by atoms with E-state index in [1.54, 1.807) is 11.3 Å². The summed E-state index contributed by atoms with van der Waals surface area (Å²) in [5, 5.41) is 14.7. The van der Waals surface area contributed by atoms with Crippen LogP contribution in [0.3, 0.4) is 0 Å². The smallest absolute Gasteiger partial charge is 0.0856 e. The SMILES string of the molecule is Cc1cc(C(O)Cc2ccn(C(C)C)n2)c(C)s1. The molecule has 3 nitrogen and oxygen atoms in total. The molecule has 0 amide bonds. The fraction of sp³-hybridized carbons (Fsp3) is 0.500. The average Bonchev–Trinajstić information content (AvgIpc) is 2.85. The molecule has 0 fully saturated rings. The number of hydrogen-bond acceptors (Lipinski definition) is 3. The predicted molar refractivity (Wildman–Crippen MR) is 75.1 cm³/mol. The molecule has 1 atom stereocenters. The van der Waals surface area contributed by atoms with Crippen LogP contribution in [0.1, 0.15) is 47.0 Å². The summed E-state index contributed by atoms with van der Waals surface area (Å²) in [7, 11) is 0. The molecule has 0 radical (unpaired) electrons. The fourth-order valence-corrected chi connectivity index (χ4v) is 3.04. The number of nitrogens with zero attached hydrogens (tertiary/aromatic N) is 2. The van der Waals surface area contributed by atoms with E-state index in [-0.39, 0.29) is 0 Å². The van der Waals surface area contributed by atoms with Gasteiger partial charge in [-0.05, 0) is 45.4 Å². The molecule has 18 heavy (non-hydrogen) atoms. The first kappa shape index (κ1) is 13.3. The Labute approximate surface area is 112 Å². The molecule has 2 rings (SSSR count). The number of aliphatic hydroxyl groups is 1. The second-order valence-corrected chi connectivity index (χ2v) is 6.43. The molecule has 2 aromatic heterocycles. The van der Waals surface area contributed by atoms with Crippen LogP contribution in [0.2, 0.25) is 0 Å². The molecule has 4 heteroatoms. The first-order valence-electron chi connectivity index (χ1n) is 6.26. The van der Waals surface area contributed by atoms with Crippen LogP contribution in [0.4, 0.5) is 0 Å². The molecule has 2 aromatic rings. The molecule has 0 bridgehead atoms. The van der Waals surface area contributed by atoms with Crippen molar-refractivity contribution in [3.63, 3.8) is 0 Å². The quantitative estimate of drug-likeness (QED) is 0.919. The van der Waals surface area contributed by atoms with Gasteiger partial charge < -0.3 is 5.11 Å². The molecular formula is C14H20N2OS. The van der Waals surface area contributed by atoms with Gasteiger partial charge in [0, 0.05) is 28.4 Å². The van der Waals surface area contributed by atoms with Crippen molar-refractivity contribution in [3.8, 4) is 0 Å². The van der Waals surface area contributed by atoms with Gasteiger partial charge in [0.05, 0.1) is 11.8 Å². The van der Waals surface area contributed by atoms with Gasteiger partial charge in [0.25, 0.3) is 0 Å². The maximum atomic E-state index is 10.3. The number of hydrogen-bond donors (Lipinski definition) is 1. The monoisotopic (exact) mass is 264 g/mol. The van der Waals surface area contributed by atoms with Crippen LogP contribution in [0.15, 0.2) is 18.3 Å². The van der Waals surface area contributed by atoms with Gasteiger partial charge in [0.15, 0.2) is 0 Å². The molecule has 0 saturated carbocycles. The molecule has 1 N–H and O–H groups in total. The Bertz CT molecular complexity index is 528. The lowest BCUT2D eigenvalue weighted by molar-refractivity contribution is 0.176. The zero-order valence-corrected chi connectivity index (χ0v) is 12.2. The van der Waals surface area contributed by atoms with E-state index >= 15 is 0 Å². The third kappa shape index (κ3) is 2.82. The summed E-state index contributed by atoms with van der Waals surface area (Å²) in [5.74, 6) is 0. The molecular weight excluding hydrogens is 244 g/mol. The van der Waals surface area contributed by atoms with Gasteiger partial charge >= 0.3 is 0 Å². The summed E-state index contributed by atoms with van der Waals surface area (Å²) in [6, 6.07) is 4.42. The standard InChI is InChI=1S/C14H20N2OS/c1-9(2)16-6-5-12(15-16)8-14(17)13-7-10(3)18-11(13)4/h5-7,9,14,17H,8H2,1-4H3. The zero-order chi connectivity index (χ0) is 13.3. The molecule has 0 spiro atoms. The van der Waals surface area contributed by atoms with Crippen molar-refractivity contribution in [1.82, 2.24) is 9.78 Å². The van der Waals surface area contributed by atoms with Crippen LogP contribution < -0.4 is 0 Å². The van der Waals surface area contributed by atoms with Crippen LogP contribution in [0.25, 0.3) is 0 Å². The van der Waals surface area contributed by atoms with Crippen molar-refractivity contribution in [3.05, 3.63) is 39.3 Å². The van der Waals surface area contributed by atoms with E-state index in [1.165, 1.54) is 9.75 Å². The lowest BCUT2D eigenvalue weighted by atomic mass is 10.1. The van der Waals surface area contributed by atoms with Crippen molar-refractivity contribution in [2.45, 2.75) is 46.3 Å². The highest BCUT2D eigenvalue weighted by Gasteiger charge is 2.15. The number of aliphatic hydroxyl groups excluding tert-OH is 1. The Morgan fingerprint density at radius 3 is 2.61 bits per heavy atom. The third-order valence-corrected chi connectivity index (χ3v) is 4.02. The van der Waals surface area contributed by atoms with Crippen LogP contribution in [-0.4, -0.2) is 14.9 Å². The minimum Gasteiger partial charge on any atom is -0.388 e. The second-order valence-electron chi connectivity index (χ2n) is 4.97. The Hall–Kier alpha value is -1.13. The van der Waals surface area contributed by atoms with Crippen LogP contribution in [0.5, 0.6) is 0 Å². The lowest BCUT2D eigenvalue weighted by Crippen LogP contribution is -2.05. The van der Waals surface area contributed by atoms with Crippen molar-refractivity contribution in [1.29, 1.82) is 0 Å². The van der Waals surface area contributed by atoms with Crippen molar-refractivity contribution < 1.29 is 5.11 Å². The summed E-state index contributed by atoms with van der Waals surface area (Å²) in [6.45, 7) is 8.32. The molecule has 0 aromatic carbocycles. The summed E-state index contributed by atoms with van der Waals surface area (Å²) in [5.41, 5.74) is 1.98. The topological polar surface area (TPSA) is 38.0 Å². The van der Waals surface area contributed by atoms with Crippen LogP contribution >= 0.6 is 11.3 Å². The second kappa shape index (κ2) is 5.24. The van der Waals surface area contributed by atoms with Gasteiger partial charge in [-0.1, -0.05) is 0 Å². The van der Waals surface area contributed by atoms with E-state index < -0.39 is 6.10 Å². The first-order valence-corrected chi connectivity index (χ1v) is 7.08. The maximum Gasteiger partial charge on any atom is 0.0856 e. The highest BCUT2D eigenvalue weighted by Crippen LogP contribution is 2.28. The van der Waals surface area contributed by atoms with Crippen molar-refractivity contribution >= 4 is 11.3 Å². The highest BCUT2D eigenvalue weighted by atomic mass is 32.1. The summed E-state index contributed by atoms with van der Waals surface area (Å²) in [4.78, 5) is 2.44. The predicted octanol–water partition coefficient (Wildman–Crippen LogP) is 3.42. The van der Waals surface area contributed by atoms with Gasteiger partial charge in [-0.2, -0.15) is 5.10 Å². The third-order valence-electron chi connectivity index (χ3n) is 3.03. The molecule has 2 heterocycles. The van der Waals surface area contributed by atoms with Crippen LogP contribution in [-0.2, 0) is 6.42 Å². The van der Waals surface area contributed by atoms with Gasteiger partial charge in [-0.15, -0.1) is 11.3 Å². The van der Waals surface area contributed by atoms with E-state index in [1.807, 2.05) is 16.9 Å². The van der Waals surface area contributed by atoms with E-state index in [0.29, 0.717) is 12.5 Å². The summed E-state index contributed by atoms with van der Waals surface area (Å²) >= 11 is 1.73. The molecule has 0 aliphatic carbocycles. The van der Waals surface area contributed by atoms with Crippen LogP contribution in [0, 0.1) is 13.8 Å². The molecule has 1 unspecified atom stereocenters. The van der Waals surface area contributed by atoms with Gasteiger partial charge in [0.1, 0.15) is 0 Å². The Morgan fingerprint density at radius 1 is 1.39 bits per heavy atom. The summed E-state index contributed by atoms with van der Waals surface area (Å²) < 4.78 is 1.92. The maximum absolute atomic E-state index is 10.3. The number of aromatic nitrogens is 2. The van der Waals surface area contributed by atoms with Gasteiger partial charge in [-0.3, -0.25) is 4.68 Å². The first-order chi connectivity index (χ1) is 8.47. The minimum absolute atomic E-state index is 0.362. The van der Waals surface area contributed by atoms with E-state index in [2.05, 4.69) is 38.9 Å². The number of thiophene rings is 1. The molecule has 0 aliphatic rings. The zero-order valence-electron chi connectivity index (χ0n) is 11.3. The van der Waals surface area contributed by atoms with E-state index in [0.717, 1.165) is 11.3 Å². The van der Waals surface area contributed by atoms with E-state index in [9.17, 15) is 5.11 Å². The van der Waals surface area contributed by atoms with Gasteiger partial charge in [0.2, 0.25) is 0 Å². The van der Waals surface area contributed by atoms with Crippen molar-refractivity contribution in [2.24, 2.45) is 0 Å². The van der Waals surface area contributed by atoms with Crippen molar-refractivity contribution in [2.75, 3.05) is 0 Å². The van der Waals surface area contributed by atoms with E-state index in [4.69, 9.17) is 0 Å². The fourth-order valence-electron chi connectivity index (χ4n) is 2.06. The number of aryl methyl sites for hydroxylation is 2. The summed E-state index contributed by atoms with van der Waals surface area (Å²) in [6.07, 6.45) is 2.10.